The van der Waals surface area contributed by atoms with Crippen molar-refractivity contribution in [1.29, 1.82) is 0 Å². The minimum absolute atomic E-state index is 0.202. The average molecular weight is 262 g/mol. The Kier molecular flexibility index (Phi) is 4.58. The predicted molar refractivity (Wildman–Crippen MR) is 74.6 cm³/mol. The van der Waals surface area contributed by atoms with Gasteiger partial charge in [-0.1, -0.05) is 12.1 Å². The third kappa shape index (κ3) is 3.35. The van der Waals surface area contributed by atoms with Crippen molar-refractivity contribution in [2.24, 2.45) is 0 Å². The molecule has 1 heterocycles. The van der Waals surface area contributed by atoms with Gasteiger partial charge in [0.15, 0.2) is 0 Å². The first-order valence-corrected chi connectivity index (χ1v) is 6.46. The number of rotatable bonds is 6. The number of para-hydroxylation sites is 1. The molecule has 0 aliphatic carbocycles. The molecule has 0 aliphatic rings. The van der Waals surface area contributed by atoms with Gasteiger partial charge in [-0.05, 0) is 38.2 Å². The van der Waals surface area contributed by atoms with Gasteiger partial charge in [0.25, 0.3) is 0 Å². The molecule has 0 saturated heterocycles. The summed E-state index contributed by atoms with van der Waals surface area (Å²) < 4.78 is 19.5. The minimum atomic E-state index is -0.202. The fourth-order valence-corrected chi connectivity index (χ4v) is 2.04. The van der Waals surface area contributed by atoms with E-state index in [4.69, 9.17) is 4.42 Å². The van der Waals surface area contributed by atoms with Gasteiger partial charge in [0.2, 0.25) is 0 Å². The van der Waals surface area contributed by atoms with Crippen LogP contribution in [0.4, 0.5) is 10.1 Å². The number of hydrogen-bond acceptors (Lipinski definition) is 3. The highest BCUT2D eigenvalue weighted by Crippen LogP contribution is 2.21. The lowest BCUT2D eigenvalue weighted by Crippen LogP contribution is -2.22. The lowest BCUT2D eigenvalue weighted by atomic mass is 10.2. The molecule has 1 aromatic heterocycles. The summed E-state index contributed by atoms with van der Waals surface area (Å²) >= 11 is 0. The van der Waals surface area contributed by atoms with Gasteiger partial charge in [-0.3, -0.25) is 0 Å². The van der Waals surface area contributed by atoms with Crippen LogP contribution in [0.25, 0.3) is 0 Å². The second-order valence-electron chi connectivity index (χ2n) is 4.36. The molecule has 1 aromatic carbocycles. The number of benzene rings is 1. The van der Waals surface area contributed by atoms with E-state index in [0.29, 0.717) is 18.8 Å². The lowest BCUT2D eigenvalue weighted by Gasteiger charge is -2.22. The van der Waals surface area contributed by atoms with E-state index in [1.165, 1.54) is 6.07 Å². The van der Waals surface area contributed by atoms with Crippen LogP contribution in [0.5, 0.6) is 0 Å². The molecule has 2 rings (SSSR count). The molecule has 0 fully saturated rings. The van der Waals surface area contributed by atoms with Crippen molar-refractivity contribution >= 4 is 5.69 Å². The van der Waals surface area contributed by atoms with Crippen molar-refractivity contribution in [2.75, 3.05) is 18.5 Å². The Hall–Kier alpha value is -1.81. The van der Waals surface area contributed by atoms with E-state index in [2.05, 4.69) is 5.32 Å². The van der Waals surface area contributed by atoms with Crippen molar-refractivity contribution in [2.45, 2.75) is 20.0 Å². The third-order valence-electron chi connectivity index (χ3n) is 2.99. The summed E-state index contributed by atoms with van der Waals surface area (Å²) in [5.41, 5.74) is 0.608. The molecule has 0 unspecified atom stereocenters. The normalized spacial score (nSPS) is 10.7. The third-order valence-corrected chi connectivity index (χ3v) is 2.99. The molecule has 4 heteroatoms. The molecule has 19 heavy (non-hydrogen) atoms. The van der Waals surface area contributed by atoms with Gasteiger partial charge >= 0.3 is 0 Å². The first-order chi connectivity index (χ1) is 9.24. The first-order valence-electron chi connectivity index (χ1n) is 6.46. The van der Waals surface area contributed by atoms with Gasteiger partial charge in [-0.15, -0.1) is 0 Å². The molecule has 0 radical (unpaired) electrons. The van der Waals surface area contributed by atoms with Gasteiger partial charge < -0.3 is 14.6 Å². The fraction of sp³-hybridized carbons (Fsp3) is 0.333. The van der Waals surface area contributed by atoms with Gasteiger partial charge in [-0.2, -0.15) is 0 Å². The van der Waals surface area contributed by atoms with Crippen LogP contribution >= 0.6 is 0 Å². The second kappa shape index (κ2) is 6.38. The fourth-order valence-electron chi connectivity index (χ4n) is 2.04. The maximum absolute atomic E-state index is 13.8. The standard InChI is InChI=1S/C15H19FN2O/c1-3-18(15-7-5-4-6-14(15)16)11-13-9-8-12(19-13)10-17-2/h4-9,17H,3,10-11H2,1-2H3. The number of nitrogens with zero attached hydrogens (tertiary/aromatic N) is 1. The number of furan rings is 1. The lowest BCUT2D eigenvalue weighted by molar-refractivity contribution is 0.450. The molecular formula is C15H19FN2O. The average Bonchev–Trinajstić information content (AvgIpc) is 2.85. The summed E-state index contributed by atoms with van der Waals surface area (Å²) in [5.74, 6) is 1.53. The molecule has 102 valence electrons. The van der Waals surface area contributed by atoms with Crippen molar-refractivity contribution < 1.29 is 8.81 Å². The zero-order valence-electron chi connectivity index (χ0n) is 11.3. The van der Waals surface area contributed by atoms with Crippen LogP contribution in [0.15, 0.2) is 40.8 Å². The van der Waals surface area contributed by atoms with E-state index in [-0.39, 0.29) is 5.82 Å². The second-order valence-corrected chi connectivity index (χ2v) is 4.36. The van der Waals surface area contributed by atoms with Crippen molar-refractivity contribution in [3.63, 3.8) is 0 Å². The Bertz CT molecular complexity index is 524. The highest BCUT2D eigenvalue weighted by molar-refractivity contribution is 5.47. The van der Waals surface area contributed by atoms with Gasteiger partial charge in [0.1, 0.15) is 17.3 Å². The molecule has 0 spiro atoms. The van der Waals surface area contributed by atoms with Crippen LogP contribution in [0.1, 0.15) is 18.4 Å². The Balaban J connectivity index is 2.12. The molecule has 0 saturated carbocycles. The van der Waals surface area contributed by atoms with Gasteiger partial charge in [0.05, 0.1) is 18.8 Å². The Morgan fingerprint density at radius 2 is 1.89 bits per heavy atom. The predicted octanol–water partition coefficient (Wildman–Crippen LogP) is 3.16. The van der Waals surface area contributed by atoms with E-state index < -0.39 is 0 Å². The van der Waals surface area contributed by atoms with E-state index >= 15 is 0 Å². The first kappa shape index (κ1) is 13.6. The smallest absolute Gasteiger partial charge is 0.146 e. The SMILES string of the molecule is CCN(Cc1ccc(CNC)o1)c1ccccc1F. The molecule has 0 aliphatic heterocycles. The monoisotopic (exact) mass is 262 g/mol. The number of hydrogen-bond donors (Lipinski definition) is 1. The summed E-state index contributed by atoms with van der Waals surface area (Å²) in [6.07, 6.45) is 0. The summed E-state index contributed by atoms with van der Waals surface area (Å²) in [5, 5.41) is 3.04. The number of anilines is 1. The highest BCUT2D eigenvalue weighted by Gasteiger charge is 2.11. The summed E-state index contributed by atoms with van der Waals surface area (Å²) in [4.78, 5) is 1.96. The summed E-state index contributed by atoms with van der Waals surface area (Å²) in [6.45, 7) is 4.00. The zero-order valence-corrected chi connectivity index (χ0v) is 11.3. The van der Waals surface area contributed by atoms with Crippen LogP contribution in [0, 0.1) is 5.82 Å². The summed E-state index contributed by atoms with van der Waals surface area (Å²) in [7, 11) is 1.87. The van der Waals surface area contributed by atoms with Gasteiger partial charge in [0, 0.05) is 6.54 Å². The maximum Gasteiger partial charge on any atom is 0.146 e. The van der Waals surface area contributed by atoms with Crippen LogP contribution in [-0.4, -0.2) is 13.6 Å². The van der Waals surface area contributed by atoms with Crippen LogP contribution in [0.2, 0.25) is 0 Å². The topological polar surface area (TPSA) is 28.4 Å². The Labute approximate surface area is 113 Å². The number of nitrogens with one attached hydrogen (secondary N) is 1. The molecule has 0 amide bonds. The van der Waals surface area contributed by atoms with Crippen LogP contribution < -0.4 is 10.2 Å². The summed E-state index contributed by atoms with van der Waals surface area (Å²) in [6, 6.07) is 10.7. The minimum Gasteiger partial charge on any atom is -0.463 e. The quantitative estimate of drug-likeness (QED) is 0.866. The molecule has 0 bridgehead atoms. The number of halogens is 1. The molecular weight excluding hydrogens is 243 g/mol. The maximum atomic E-state index is 13.8. The van der Waals surface area contributed by atoms with Crippen molar-refractivity contribution in [3.8, 4) is 0 Å². The largest absolute Gasteiger partial charge is 0.463 e. The molecule has 2 aromatic rings. The zero-order chi connectivity index (χ0) is 13.7. The molecule has 1 N–H and O–H groups in total. The van der Waals surface area contributed by atoms with Crippen LogP contribution in [0.3, 0.4) is 0 Å². The van der Waals surface area contributed by atoms with E-state index in [1.54, 1.807) is 12.1 Å². The highest BCUT2D eigenvalue weighted by atomic mass is 19.1. The Morgan fingerprint density at radius 1 is 1.16 bits per heavy atom. The van der Waals surface area contributed by atoms with Crippen LogP contribution in [-0.2, 0) is 13.1 Å². The Morgan fingerprint density at radius 3 is 2.58 bits per heavy atom. The van der Waals surface area contributed by atoms with E-state index in [0.717, 1.165) is 18.1 Å². The van der Waals surface area contributed by atoms with Crippen molar-refractivity contribution in [3.05, 3.63) is 53.7 Å². The van der Waals surface area contributed by atoms with E-state index in [9.17, 15) is 4.39 Å². The van der Waals surface area contributed by atoms with E-state index in [1.807, 2.05) is 37.1 Å². The van der Waals surface area contributed by atoms with Gasteiger partial charge in [-0.25, -0.2) is 4.39 Å². The molecule has 0 atom stereocenters. The van der Waals surface area contributed by atoms with Crippen molar-refractivity contribution in [1.82, 2.24) is 5.32 Å². The molecule has 3 nitrogen and oxygen atoms in total.